The van der Waals surface area contributed by atoms with Crippen molar-refractivity contribution in [2.75, 3.05) is 18.1 Å². The lowest BCUT2D eigenvalue weighted by Gasteiger charge is -2.29. The number of anilines is 1. The molecule has 1 spiro atoms. The van der Waals surface area contributed by atoms with Crippen molar-refractivity contribution in [2.45, 2.75) is 45.3 Å². The SMILES string of the molecule is CCOC(=O)C1CC12COCc1ccc(N(C=O)C(C)C)cc12. The normalized spacial score (nSPS) is 25.1. The maximum atomic E-state index is 12.1. The summed E-state index contributed by atoms with van der Waals surface area (Å²) in [4.78, 5) is 25.2. The summed E-state index contributed by atoms with van der Waals surface area (Å²) in [5.41, 5.74) is 2.82. The van der Waals surface area contributed by atoms with Gasteiger partial charge in [-0.2, -0.15) is 0 Å². The predicted octanol–water partition coefficient (Wildman–Crippen LogP) is 2.41. The van der Waals surface area contributed by atoms with Gasteiger partial charge in [-0.1, -0.05) is 6.07 Å². The molecule has 0 aromatic heterocycles. The second kappa shape index (κ2) is 5.96. The molecular formula is C18H23NO4. The third-order valence-electron chi connectivity index (χ3n) is 4.86. The fraction of sp³-hybridized carbons (Fsp3) is 0.556. The Hall–Kier alpha value is -1.88. The number of amides is 1. The van der Waals surface area contributed by atoms with E-state index in [1.807, 2.05) is 39.0 Å². The van der Waals surface area contributed by atoms with Gasteiger partial charge in [-0.15, -0.1) is 0 Å². The number of hydrogen-bond acceptors (Lipinski definition) is 4. The molecule has 1 aromatic rings. The molecule has 0 N–H and O–H groups in total. The molecule has 2 aliphatic rings. The van der Waals surface area contributed by atoms with E-state index in [4.69, 9.17) is 9.47 Å². The summed E-state index contributed by atoms with van der Waals surface area (Å²) in [6, 6.07) is 6.08. The largest absolute Gasteiger partial charge is 0.466 e. The fourth-order valence-corrected chi connectivity index (χ4v) is 3.53. The monoisotopic (exact) mass is 317 g/mol. The molecule has 5 nitrogen and oxygen atoms in total. The second-order valence-corrected chi connectivity index (χ2v) is 6.61. The van der Waals surface area contributed by atoms with Crippen molar-refractivity contribution in [3.8, 4) is 0 Å². The smallest absolute Gasteiger partial charge is 0.309 e. The van der Waals surface area contributed by atoms with Crippen molar-refractivity contribution in [1.29, 1.82) is 0 Å². The quantitative estimate of drug-likeness (QED) is 0.618. The number of esters is 1. The van der Waals surface area contributed by atoms with Gasteiger partial charge in [0.05, 0.1) is 25.7 Å². The molecule has 1 amide bonds. The minimum Gasteiger partial charge on any atom is -0.466 e. The average Bonchev–Trinajstić information content (AvgIpc) is 3.24. The molecule has 2 unspecified atom stereocenters. The highest BCUT2D eigenvalue weighted by Crippen LogP contribution is 2.58. The Morgan fingerprint density at radius 3 is 2.96 bits per heavy atom. The number of nitrogens with zero attached hydrogens (tertiary/aromatic N) is 1. The van der Waals surface area contributed by atoms with Crippen LogP contribution in [0.25, 0.3) is 0 Å². The third-order valence-corrected chi connectivity index (χ3v) is 4.86. The fourth-order valence-electron chi connectivity index (χ4n) is 3.53. The summed E-state index contributed by atoms with van der Waals surface area (Å²) in [5, 5.41) is 0. The van der Waals surface area contributed by atoms with Gasteiger partial charge in [-0.3, -0.25) is 9.59 Å². The van der Waals surface area contributed by atoms with Crippen LogP contribution in [-0.4, -0.2) is 31.6 Å². The van der Waals surface area contributed by atoms with Crippen molar-refractivity contribution in [1.82, 2.24) is 0 Å². The molecule has 1 aliphatic carbocycles. The molecule has 2 atom stereocenters. The topological polar surface area (TPSA) is 55.8 Å². The number of rotatable bonds is 5. The van der Waals surface area contributed by atoms with Crippen molar-refractivity contribution in [3.05, 3.63) is 29.3 Å². The minimum absolute atomic E-state index is 0.0846. The highest BCUT2D eigenvalue weighted by molar-refractivity contribution is 5.81. The zero-order chi connectivity index (χ0) is 16.6. The van der Waals surface area contributed by atoms with E-state index in [0.717, 1.165) is 29.6 Å². The van der Waals surface area contributed by atoms with E-state index in [9.17, 15) is 9.59 Å². The molecule has 23 heavy (non-hydrogen) atoms. The Labute approximate surface area is 136 Å². The number of ether oxygens (including phenoxy) is 2. The van der Waals surface area contributed by atoms with Gasteiger partial charge in [-0.05, 0) is 50.5 Å². The van der Waals surface area contributed by atoms with Gasteiger partial charge in [0.25, 0.3) is 0 Å². The Morgan fingerprint density at radius 2 is 2.30 bits per heavy atom. The second-order valence-electron chi connectivity index (χ2n) is 6.61. The molecule has 0 saturated heterocycles. The van der Waals surface area contributed by atoms with E-state index in [2.05, 4.69) is 0 Å². The van der Waals surface area contributed by atoms with E-state index in [-0.39, 0.29) is 23.3 Å². The molecule has 1 saturated carbocycles. The van der Waals surface area contributed by atoms with Crippen LogP contribution in [0.3, 0.4) is 0 Å². The first-order valence-electron chi connectivity index (χ1n) is 8.15. The lowest BCUT2D eigenvalue weighted by Crippen LogP contribution is -2.31. The molecule has 3 rings (SSSR count). The van der Waals surface area contributed by atoms with Gasteiger partial charge < -0.3 is 14.4 Å². The van der Waals surface area contributed by atoms with Crippen LogP contribution >= 0.6 is 0 Å². The van der Waals surface area contributed by atoms with Gasteiger partial charge in [0, 0.05) is 17.1 Å². The van der Waals surface area contributed by atoms with Crippen molar-refractivity contribution in [3.63, 3.8) is 0 Å². The van der Waals surface area contributed by atoms with Crippen LogP contribution in [0.2, 0.25) is 0 Å². The third kappa shape index (κ3) is 2.63. The Morgan fingerprint density at radius 1 is 1.52 bits per heavy atom. The molecule has 1 heterocycles. The van der Waals surface area contributed by atoms with Crippen LogP contribution in [-0.2, 0) is 31.1 Å². The highest BCUT2D eigenvalue weighted by Gasteiger charge is 2.62. The molecule has 0 radical (unpaired) electrons. The van der Waals surface area contributed by atoms with Gasteiger partial charge >= 0.3 is 5.97 Å². The van der Waals surface area contributed by atoms with Gasteiger partial charge in [0.15, 0.2) is 0 Å². The Kier molecular flexibility index (Phi) is 4.15. The zero-order valence-corrected chi connectivity index (χ0v) is 13.9. The molecular weight excluding hydrogens is 294 g/mol. The van der Waals surface area contributed by atoms with Gasteiger partial charge in [-0.25, -0.2) is 0 Å². The summed E-state index contributed by atoms with van der Waals surface area (Å²) < 4.78 is 10.9. The lowest BCUT2D eigenvalue weighted by atomic mass is 9.87. The molecule has 5 heteroatoms. The number of benzene rings is 1. The van der Waals surface area contributed by atoms with Crippen LogP contribution in [0.4, 0.5) is 5.69 Å². The Balaban J connectivity index is 1.95. The minimum atomic E-state index is -0.276. The summed E-state index contributed by atoms with van der Waals surface area (Å²) in [7, 11) is 0. The summed E-state index contributed by atoms with van der Waals surface area (Å²) >= 11 is 0. The summed E-state index contributed by atoms with van der Waals surface area (Å²) in [5.74, 6) is -0.286. The standard InChI is InChI=1S/C18H23NO4/c1-4-23-17(21)16-8-18(16)10-22-9-13-5-6-14(7-15(13)18)19(11-20)12(2)3/h5-7,11-12,16H,4,8-10H2,1-3H3. The predicted molar refractivity (Wildman–Crippen MR) is 86.2 cm³/mol. The molecule has 0 bridgehead atoms. The van der Waals surface area contributed by atoms with Crippen LogP contribution in [0, 0.1) is 5.92 Å². The van der Waals surface area contributed by atoms with Crippen LogP contribution in [0.15, 0.2) is 18.2 Å². The van der Waals surface area contributed by atoms with E-state index in [1.165, 1.54) is 0 Å². The zero-order valence-electron chi connectivity index (χ0n) is 13.9. The first-order chi connectivity index (χ1) is 11.0. The number of fused-ring (bicyclic) bond motifs is 2. The van der Waals surface area contributed by atoms with Crippen LogP contribution in [0.1, 0.15) is 38.3 Å². The van der Waals surface area contributed by atoms with Crippen molar-refractivity contribution < 1.29 is 19.1 Å². The van der Waals surface area contributed by atoms with Gasteiger partial charge in [0.2, 0.25) is 6.41 Å². The van der Waals surface area contributed by atoms with Crippen molar-refractivity contribution in [2.24, 2.45) is 5.92 Å². The van der Waals surface area contributed by atoms with Gasteiger partial charge in [0.1, 0.15) is 0 Å². The maximum Gasteiger partial charge on any atom is 0.309 e. The number of hydrogen-bond donors (Lipinski definition) is 0. The molecule has 1 aliphatic heterocycles. The lowest BCUT2D eigenvalue weighted by molar-refractivity contribution is -0.145. The molecule has 124 valence electrons. The van der Waals surface area contributed by atoms with E-state index in [0.29, 0.717) is 19.8 Å². The van der Waals surface area contributed by atoms with Crippen LogP contribution < -0.4 is 4.90 Å². The molecule has 1 aromatic carbocycles. The highest BCUT2D eigenvalue weighted by atomic mass is 16.5. The summed E-state index contributed by atoms with van der Waals surface area (Å²) in [6.45, 7) is 7.26. The number of carbonyl (C=O) groups excluding carboxylic acids is 2. The van der Waals surface area contributed by atoms with E-state index in [1.54, 1.807) is 4.90 Å². The first kappa shape index (κ1) is 16.0. The van der Waals surface area contributed by atoms with Crippen molar-refractivity contribution >= 4 is 18.1 Å². The maximum absolute atomic E-state index is 12.1. The van der Waals surface area contributed by atoms with E-state index >= 15 is 0 Å². The molecule has 1 fully saturated rings. The van der Waals surface area contributed by atoms with E-state index < -0.39 is 0 Å². The first-order valence-corrected chi connectivity index (χ1v) is 8.15. The average molecular weight is 317 g/mol. The van der Waals surface area contributed by atoms with Crippen LogP contribution in [0.5, 0.6) is 0 Å². The number of carbonyl (C=O) groups is 2. The Bertz CT molecular complexity index is 627. The summed E-state index contributed by atoms with van der Waals surface area (Å²) in [6.07, 6.45) is 1.61.